The second-order valence-electron chi connectivity index (χ2n) is 6.47. The lowest BCUT2D eigenvalue weighted by Crippen LogP contribution is -2.63. The molecule has 3 heterocycles. The molecule has 4 atom stereocenters. The molecule has 3 aliphatic rings. The van der Waals surface area contributed by atoms with Gasteiger partial charge in [0, 0.05) is 25.6 Å². The van der Waals surface area contributed by atoms with Gasteiger partial charge in [0.15, 0.2) is 0 Å². The van der Waals surface area contributed by atoms with E-state index in [0.29, 0.717) is 18.9 Å². The molecule has 3 fully saturated rings. The zero-order chi connectivity index (χ0) is 15.0. The fourth-order valence-electron chi connectivity index (χ4n) is 4.17. The minimum atomic E-state index is -0.259. The van der Waals surface area contributed by atoms with Crippen LogP contribution in [0.25, 0.3) is 0 Å². The summed E-state index contributed by atoms with van der Waals surface area (Å²) in [7, 11) is 0. The van der Waals surface area contributed by atoms with Crippen LogP contribution < -0.4 is 0 Å². The number of nitrogens with zero attached hydrogens (tertiary/aromatic N) is 2. The van der Waals surface area contributed by atoms with E-state index in [2.05, 4.69) is 6.92 Å². The average Bonchev–Trinajstić information content (AvgIpc) is 3.13. The molecule has 0 saturated carbocycles. The highest BCUT2D eigenvalue weighted by Gasteiger charge is 2.48. The number of carbonyl (C=O) groups excluding carboxylic acids is 2. The first-order valence-corrected chi connectivity index (χ1v) is 8.39. The summed E-state index contributed by atoms with van der Waals surface area (Å²) in [6.45, 7) is 6.35. The number of fused-ring (bicyclic) bond motifs is 1. The molecule has 0 radical (unpaired) electrons. The first kappa shape index (κ1) is 14.8. The number of hydrogen-bond donors (Lipinski definition) is 0. The maximum absolute atomic E-state index is 12.8. The fourth-order valence-corrected chi connectivity index (χ4v) is 4.17. The quantitative estimate of drug-likeness (QED) is 0.788. The van der Waals surface area contributed by atoms with Crippen LogP contribution in [0.3, 0.4) is 0 Å². The maximum Gasteiger partial charge on any atom is 0.246 e. The van der Waals surface area contributed by atoms with Crippen LogP contribution in [0.4, 0.5) is 0 Å². The van der Waals surface area contributed by atoms with E-state index in [1.165, 1.54) is 0 Å². The Kier molecular flexibility index (Phi) is 4.20. The monoisotopic (exact) mass is 294 g/mol. The van der Waals surface area contributed by atoms with Crippen LogP contribution in [0.15, 0.2) is 0 Å². The van der Waals surface area contributed by atoms with E-state index in [4.69, 9.17) is 4.74 Å². The number of amides is 2. The summed E-state index contributed by atoms with van der Waals surface area (Å²) in [5.41, 5.74) is 0. The average molecular weight is 294 g/mol. The largest absolute Gasteiger partial charge is 0.378 e. The molecule has 0 aromatic heterocycles. The molecule has 21 heavy (non-hydrogen) atoms. The third-order valence-electron chi connectivity index (χ3n) is 5.33. The van der Waals surface area contributed by atoms with E-state index in [9.17, 15) is 9.59 Å². The van der Waals surface area contributed by atoms with Crippen LogP contribution in [0.5, 0.6) is 0 Å². The molecule has 0 aromatic rings. The molecular formula is C16H26N2O3. The maximum atomic E-state index is 12.8. The van der Waals surface area contributed by atoms with Crippen LogP contribution in [-0.4, -0.2) is 59.5 Å². The topological polar surface area (TPSA) is 49.9 Å². The molecule has 4 unspecified atom stereocenters. The van der Waals surface area contributed by atoms with Crippen molar-refractivity contribution in [1.29, 1.82) is 0 Å². The van der Waals surface area contributed by atoms with Gasteiger partial charge in [-0.15, -0.1) is 0 Å². The number of rotatable bonds is 4. The van der Waals surface area contributed by atoms with E-state index >= 15 is 0 Å². The van der Waals surface area contributed by atoms with Gasteiger partial charge in [0.05, 0.1) is 6.10 Å². The van der Waals surface area contributed by atoms with E-state index in [1.54, 1.807) is 0 Å². The smallest absolute Gasteiger partial charge is 0.246 e. The zero-order valence-electron chi connectivity index (χ0n) is 13.1. The van der Waals surface area contributed by atoms with Gasteiger partial charge in [-0.3, -0.25) is 9.59 Å². The molecule has 0 bridgehead atoms. The van der Waals surface area contributed by atoms with Crippen LogP contribution in [0, 0.1) is 5.92 Å². The Morgan fingerprint density at radius 1 is 1.14 bits per heavy atom. The van der Waals surface area contributed by atoms with Crippen molar-refractivity contribution in [3.05, 3.63) is 0 Å². The summed E-state index contributed by atoms with van der Waals surface area (Å²) in [5, 5.41) is 0. The van der Waals surface area contributed by atoms with Gasteiger partial charge in [0.2, 0.25) is 11.8 Å². The minimum Gasteiger partial charge on any atom is -0.378 e. The Labute approximate surface area is 126 Å². The Balaban J connectivity index is 1.78. The lowest BCUT2D eigenvalue weighted by atomic mass is 9.95. The van der Waals surface area contributed by atoms with E-state index in [-0.39, 0.29) is 30.0 Å². The van der Waals surface area contributed by atoms with Gasteiger partial charge in [-0.2, -0.15) is 0 Å². The normalized spacial score (nSPS) is 36.5. The molecule has 2 amide bonds. The van der Waals surface area contributed by atoms with E-state index in [1.807, 2.05) is 16.7 Å². The highest BCUT2D eigenvalue weighted by atomic mass is 16.5. The third-order valence-corrected chi connectivity index (χ3v) is 5.33. The van der Waals surface area contributed by atoms with Crippen LogP contribution in [0.1, 0.15) is 46.0 Å². The summed E-state index contributed by atoms with van der Waals surface area (Å²) in [4.78, 5) is 29.1. The van der Waals surface area contributed by atoms with Crippen molar-refractivity contribution in [2.45, 2.75) is 64.1 Å². The number of ether oxygens (including phenoxy) is 1. The highest BCUT2D eigenvalue weighted by Crippen LogP contribution is 2.31. The summed E-state index contributed by atoms with van der Waals surface area (Å²) >= 11 is 0. The summed E-state index contributed by atoms with van der Waals surface area (Å²) in [6, 6.07) is -0.451. The lowest BCUT2D eigenvalue weighted by Gasteiger charge is -2.43. The summed E-state index contributed by atoms with van der Waals surface area (Å²) in [5.74, 6) is 0.709. The summed E-state index contributed by atoms with van der Waals surface area (Å²) in [6.07, 6.45) is 4.71. The highest BCUT2D eigenvalue weighted by molar-refractivity contribution is 5.97. The number of piperazine rings is 1. The first-order chi connectivity index (χ1) is 10.2. The molecular weight excluding hydrogens is 268 g/mol. The molecule has 0 aromatic carbocycles. The molecule has 5 heteroatoms. The molecule has 118 valence electrons. The molecule has 3 rings (SSSR count). The molecule has 3 saturated heterocycles. The van der Waals surface area contributed by atoms with Gasteiger partial charge in [0.25, 0.3) is 0 Å². The lowest BCUT2D eigenvalue weighted by molar-refractivity contribution is -0.160. The van der Waals surface area contributed by atoms with Gasteiger partial charge in [-0.05, 0) is 32.1 Å². The van der Waals surface area contributed by atoms with Crippen molar-refractivity contribution < 1.29 is 14.3 Å². The van der Waals surface area contributed by atoms with Gasteiger partial charge < -0.3 is 14.5 Å². The molecule has 3 aliphatic heterocycles. The molecule has 0 N–H and O–H groups in total. The second-order valence-corrected chi connectivity index (χ2v) is 6.47. The Morgan fingerprint density at radius 3 is 2.67 bits per heavy atom. The summed E-state index contributed by atoms with van der Waals surface area (Å²) < 4.78 is 5.74. The Hall–Kier alpha value is -1.10. The zero-order valence-corrected chi connectivity index (χ0v) is 13.1. The van der Waals surface area contributed by atoms with Crippen molar-refractivity contribution >= 4 is 11.8 Å². The van der Waals surface area contributed by atoms with E-state index in [0.717, 1.165) is 38.8 Å². The van der Waals surface area contributed by atoms with Crippen molar-refractivity contribution in [3.63, 3.8) is 0 Å². The standard InChI is InChI=1S/C16H26N2O3/c1-3-12-15(19)17-8-5-6-13(17)16(20)18(12)10-11-7-9-21-14(11)4-2/h11-14H,3-10H2,1-2H3. The van der Waals surface area contributed by atoms with Crippen molar-refractivity contribution in [2.24, 2.45) is 5.92 Å². The van der Waals surface area contributed by atoms with Gasteiger partial charge in [-0.25, -0.2) is 0 Å². The minimum absolute atomic E-state index is 0.159. The predicted octanol–water partition coefficient (Wildman–Crippen LogP) is 1.41. The molecule has 0 spiro atoms. The molecule has 0 aliphatic carbocycles. The van der Waals surface area contributed by atoms with Gasteiger partial charge in [0.1, 0.15) is 12.1 Å². The van der Waals surface area contributed by atoms with Crippen LogP contribution in [-0.2, 0) is 14.3 Å². The SMILES string of the molecule is CCC1OCCC1CN1C(=O)C2CCCN2C(=O)C1CC. The number of carbonyl (C=O) groups is 2. The van der Waals surface area contributed by atoms with E-state index < -0.39 is 0 Å². The second kappa shape index (κ2) is 5.95. The number of hydrogen-bond acceptors (Lipinski definition) is 3. The van der Waals surface area contributed by atoms with Crippen LogP contribution in [0.2, 0.25) is 0 Å². The Morgan fingerprint density at radius 2 is 1.95 bits per heavy atom. The molecule has 5 nitrogen and oxygen atoms in total. The first-order valence-electron chi connectivity index (χ1n) is 8.39. The van der Waals surface area contributed by atoms with Crippen molar-refractivity contribution in [1.82, 2.24) is 9.80 Å². The van der Waals surface area contributed by atoms with Crippen molar-refractivity contribution in [2.75, 3.05) is 19.7 Å². The van der Waals surface area contributed by atoms with Crippen LogP contribution >= 0.6 is 0 Å². The predicted molar refractivity (Wildman–Crippen MR) is 78.7 cm³/mol. The van der Waals surface area contributed by atoms with Crippen molar-refractivity contribution in [3.8, 4) is 0 Å². The Bertz CT molecular complexity index is 426. The third kappa shape index (κ3) is 2.45. The fraction of sp³-hybridized carbons (Fsp3) is 0.875. The van der Waals surface area contributed by atoms with Gasteiger partial charge in [-0.1, -0.05) is 13.8 Å². The van der Waals surface area contributed by atoms with Gasteiger partial charge >= 0.3 is 0 Å².